The number of carbonyl (C=O) groups is 2. The third kappa shape index (κ3) is 1.90. The summed E-state index contributed by atoms with van der Waals surface area (Å²) in [6, 6.07) is 9.33. The van der Waals surface area contributed by atoms with Gasteiger partial charge in [-0.1, -0.05) is 35.5 Å². The zero-order valence-corrected chi connectivity index (χ0v) is 12.4. The van der Waals surface area contributed by atoms with E-state index >= 15 is 0 Å². The Kier molecular flexibility index (Phi) is 3.60. The largest absolute Gasteiger partial charge is 0.468 e. The number of oxime groups is 1. The van der Waals surface area contributed by atoms with Crippen LogP contribution in [0.3, 0.4) is 0 Å². The summed E-state index contributed by atoms with van der Waals surface area (Å²) in [6.45, 7) is 0.369. The second-order valence-corrected chi connectivity index (χ2v) is 5.51. The van der Waals surface area contributed by atoms with E-state index in [1.165, 1.54) is 14.2 Å². The molecule has 1 aliphatic carbocycles. The Bertz CT molecular complexity index is 609. The number of methoxy groups -OCH3 is 2. The van der Waals surface area contributed by atoms with Crippen molar-refractivity contribution in [2.45, 2.75) is 12.3 Å². The van der Waals surface area contributed by atoms with Crippen molar-refractivity contribution in [2.24, 2.45) is 16.5 Å². The fourth-order valence-corrected chi connectivity index (χ4v) is 3.52. The number of esters is 2. The third-order valence-corrected chi connectivity index (χ3v) is 4.45. The summed E-state index contributed by atoms with van der Waals surface area (Å²) in [7, 11) is 2.56. The summed E-state index contributed by atoms with van der Waals surface area (Å²) >= 11 is 0. The van der Waals surface area contributed by atoms with Gasteiger partial charge in [0.1, 0.15) is 6.61 Å². The van der Waals surface area contributed by atoms with E-state index in [9.17, 15) is 9.59 Å². The number of benzene rings is 1. The molecule has 0 bridgehead atoms. The van der Waals surface area contributed by atoms with Crippen LogP contribution in [0.1, 0.15) is 17.9 Å². The van der Waals surface area contributed by atoms with Gasteiger partial charge in [-0.2, -0.15) is 0 Å². The predicted octanol–water partition coefficient (Wildman–Crippen LogP) is 1.51. The van der Waals surface area contributed by atoms with E-state index in [0.717, 1.165) is 5.56 Å². The minimum absolute atomic E-state index is 0.0802. The molecule has 6 heteroatoms. The molecule has 0 N–H and O–H groups in total. The lowest BCUT2D eigenvalue weighted by atomic mass is 9.73. The first-order chi connectivity index (χ1) is 10.6. The van der Waals surface area contributed by atoms with Crippen LogP contribution >= 0.6 is 0 Å². The summed E-state index contributed by atoms with van der Waals surface area (Å²) in [5.74, 6) is -1.79. The molecule has 3 rings (SSSR count). The number of hydrogen-bond acceptors (Lipinski definition) is 6. The van der Waals surface area contributed by atoms with E-state index in [1.54, 1.807) is 0 Å². The number of nitrogens with zero attached hydrogens (tertiary/aromatic N) is 1. The van der Waals surface area contributed by atoms with Crippen LogP contribution in [0.25, 0.3) is 0 Å². The number of rotatable bonds is 3. The van der Waals surface area contributed by atoms with Gasteiger partial charge in [0.15, 0.2) is 5.41 Å². The Hall–Kier alpha value is -2.37. The molecule has 0 aromatic heterocycles. The van der Waals surface area contributed by atoms with Crippen LogP contribution in [0, 0.1) is 11.3 Å². The van der Waals surface area contributed by atoms with Gasteiger partial charge in [-0.3, -0.25) is 9.59 Å². The minimum atomic E-state index is -1.40. The van der Waals surface area contributed by atoms with Gasteiger partial charge in [-0.15, -0.1) is 0 Å². The highest BCUT2D eigenvalue weighted by Crippen LogP contribution is 2.53. The molecule has 0 amide bonds. The lowest BCUT2D eigenvalue weighted by molar-refractivity contribution is -0.170. The van der Waals surface area contributed by atoms with Crippen LogP contribution in [0.2, 0.25) is 0 Å². The number of ether oxygens (including phenoxy) is 2. The van der Waals surface area contributed by atoms with Crippen molar-refractivity contribution in [2.75, 3.05) is 20.8 Å². The first-order valence-corrected chi connectivity index (χ1v) is 7.06. The smallest absolute Gasteiger partial charge is 0.324 e. The fraction of sp³-hybridized carbons (Fsp3) is 0.438. The molecule has 1 heterocycles. The number of fused-ring (bicyclic) bond motifs is 1. The van der Waals surface area contributed by atoms with Gasteiger partial charge in [0.05, 0.1) is 25.8 Å². The monoisotopic (exact) mass is 303 g/mol. The lowest BCUT2D eigenvalue weighted by Gasteiger charge is -2.30. The Morgan fingerprint density at radius 3 is 2.41 bits per heavy atom. The molecule has 1 aromatic rings. The molecule has 1 aromatic carbocycles. The van der Waals surface area contributed by atoms with Gasteiger partial charge in [0.2, 0.25) is 0 Å². The molecular weight excluding hydrogens is 286 g/mol. The van der Waals surface area contributed by atoms with Crippen molar-refractivity contribution >= 4 is 17.7 Å². The van der Waals surface area contributed by atoms with Crippen LogP contribution in [0.15, 0.2) is 35.5 Å². The van der Waals surface area contributed by atoms with Gasteiger partial charge < -0.3 is 14.3 Å². The highest BCUT2D eigenvalue weighted by molar-refractivity contribution is 6.12. The highest BCUT2D eigenvalue weighted by atomic mass is 16.6. The Balaban J connectivity index is 2.18. The fourth-order valence-electron chi connectivity index (χ4n) is 3.52. The Labute approximate surface area is 128 Å². The van der Waals surface area contributed by atoms with Crippen LogP contribution in [0.4, 0.5) is 0 Å². The van der Waals surface area contributed by atoms with Crippen molar-refractivity contribution in [3.63, 3.8) is 0 Å². The molecule has 6 nitrogen and oxygen atoms in total. The molecule has 1 aliphatic heterocycles. The third-order valence-electron chi connectivity index (χ3n) is 4.45. The Morgan fingerprint density at radius 1 is 1.18 bits per heavy atom. The standard InChI is InChI=1S/C16H17NO5/c1-20-14(18)16(15(19)21-2)8-11-9-22-17-13(11)12(16)10-6-4-3-5-7-10/h3-7,11-12H,8-9H2,1-2H3/t11-,12+/m1/s1. The van der Waals surface area contributed by atoms with Crippen LogP contribution in [-0.4, -0.2) is 38.5 Å². The quantitative estimate of drug-likeness (QED) is 0.625. The normalized spacial score (nSPS) is 24.9. The van der Waals surface area contributed by atoms with E-state index in [4.69, 9.17) is 14.3 Å². The molecule has 22 heavy (non-hydrogen) atoms. The van der Waals surface area contributed by atoms with Gasteiger partial charge in [-0.05, 0) is 12.0 Å². The summed E-state index contributed by atoms with van der Waals surface area (Å²) in [5, 5.41) is 4.09. The van der Waals surface area contributed by atoms with E-state index < -0.39 is 23.3 Å². The van der Waals surface area contributed by atoms with E-state index in [1.807, 2.05) is 30.3 Å². The molecule has 0 saturated heterocycles. The second-order valence-electron chi connectivity index (χ2n) is 5.51. The molecule has 116 valence electrons. The first-order valence-electron chi connectivity index (χ1n) is 7.06. The van der Waals surface area contributed by atoms with E-state index in [0.29, 0.717) is 12.3 Å². The lowest BCUT2D eigenvalue weighted by Crippen LogP contribution is -2.44. The van der Waals surface area contributed by atoms with Crippen molar-refractivity contribution in [3.05, 3.63) is 35.9 Å². The molecular formula is C16H17NO5. The molecule has 1 saturated carbocycles. The van der Waals surface area contributed by atoms with Crippen molar-refractivity contribution in [1.82, 2.24) is 0 Å². The Morgan fingerprint density at radius 2 is 1.82 bits per heavy atom. The van der Waals surface area contributed by atoms with Gasteiger partial charge in [0, 0.05) is 5.92 Å². The predicted molar refractivity (Wildman–Crippen MR) is 77.1 cm³/mol. The number of carbonyl (C=O) groups excluding carboxylic acids is 2. The van der Waals surface area contributed by atoms with E-state index in [2.05, 4.69) is 5.16 Å². The minimum Gasteiger partial charge on any atom is -0.468 e. The zero-order valence-electron chi connectivity index (χ0n) is 12.4. The van der Waals surface area contributed by atoms with Crippen LogP contribution in [0.5, 0.6) is 0 Å². The summed E-state index contributed by atoms with van der Waals surface area (Å²) in [5.41, 5.74) is 0.130. The number of hydrogen-bond donors (Lipinski definition) is 0. The topological polar surface area (TPSA) is 74.2 Å². The highest BCUT2D eigenvalue weighted by Gasteiger charge is 2.64. The maximum atomic E-state index is 12.5. The van der Waals surface area contributed by atoms with E-state index in [-0.39, 0.29) is 12.3 Å². The molecule has 0 spiro atoms. The molecule has 0 radical (unpaired) electrons. The van der Waals surface area contributed by atoms with Gasteiger partial charge >= 0.3 is 11.9 Å². The zero-order chi connectivity index (χ0) is 15.7. The second kappa shape index (κ2) is 5.44. The first kappa shape index (κ1) is 14.6. The molecule has 1 fully saturated rings. The maximum Gasteiger partial charge on any atom is 0.324 e. The molecule has 2 atom stereocenters. The summed E-state index contributed by atoms with van der Waals surface area (Å²) < 4.78 is 9.88. The molecule has 2 aliphatic rings. The van der Waals surface area contributed by atoms with Crippen molar-refractivity contribution < 1.29 is 23.9 Å². The maximum absolute atomic E-state index is 12.5. The average Bonchev–Trinajstić information content (AvgIpc) is 3.12. The van der Waals surface area contributed by atoms with Gasteiger partial charge in [-0.25, -0.2) is 0 Å². The SMILES string of the molecule is COC(=O)C1(C(=O)OC)C[C@@H]2CON=C2[C@@H]1c1ccccc1. The average molecular weight is 303 g/mol. The van der Waals surface area contributed by atoms with Crippen LogP contribution in [-0.2, 0) is 23.9 Å². The van der Waals surface area contributed by atoms with Gasteiger partial charge in [0.25, 0.3) is 0 Å². The van der Waals surface area contributed by atoms with Crippen molar-refractivity contribution in [1.29, 1.82) is 0 Å². The van der Waals surface area contributed by atoms with Crippen LogP contribution < -0.4 is 0 Å². The summed E-state index contributed by atoms with van der Waals surface area (Å²) in [4.78, 5) is 30.2. The van der Waals surface area contributed by atoms with Crippen molar-refractivity contribution in [3.8, 4) is 0 Å². The molecule has 0 unspecified atom stereocenters. The summed E-state index contributed by atoms with van der Waals surface area (Å²) in [6.07, 6.45) is 0.282.